The molecule has 1 unspecified atom stereocenters. The summed E-state index contributed by atoms with van der Waals surface area (Å²) in [5, 5.41) is 2.86. The van der Waals surface area contributed by atoms with Gasteiger partial charge in [0.25, 0.3) is 0 Å². The van der Waals surface area contributed by atoms with Crippen molar-refractivity contribution in [1.82, 2.24) is 5.32 Å². The topological polar surface area (TPSA) is 55.1 Å². The van der Waals surface area contributed by atoms with Gasteiger partial charge in [-0.25, -0.2) is 0 Å². The number of amides is 1. The van der Waals surface area contributed by atoms with Crippen LogP contribution in [0.4, 0.5) is 0 Å². The van der Waals surface area contributed by atoms with Crippen LogP contribution in [0.3, 0.4) is 0 Å². The van der Waals surface area contributed by atoms with Crippen LogP contribution in [0.15, 0.2) is 18.2 Å². The molecular formula is C14H20N2OS. The van der Waals surface area contributed by atoms with Gasteiger partial charge in [0.15, 0.2) is 0 Å². The maximum Gasteiger partial charge on any atom is 0.224 e. The smallest absolute Gasteiger partial charge is 0.224 e. The van der Waals surface area contributed by atoms with Crippen LogP contribution in [-0.2, 0) is 11.2 Å². The van der Waals surface area contributed by atoms with Gasteiger partial charge < -0.3 is 11.1 Å². The monoisotopic (exact) mass is 264 g/mol. The van der Waals surface area contributed by atoms with E-state index in [1.807, 2.05) is 39.0 Å². The fraction of sp³-hybridized carbons (Fsp3) is 0.429. The van der Waals surface area contributed by atoms with Crippen LogP contribution in [0.25, 0.3) is 0 Å². The molecule has 1 amide bonds. The summed E-state index contributed by atoms with van der Waals surface area (Å²) in [7, 11) is 0. The van der Waals surface area contributed by atoms with E-state index in [0.29, 0.717) is 17.8 Å². The van der Waals surface area contributed by atoms with E-state index < -0.39 is 0 Å². The summed E-state index contributed by atoms with van der Waals surface area (Å²) in [6, 6.07) is 5.90. The van der Waals surface area contributed by atoms with E-state index in [9.17, 15) is 4.79 Å². The molecule has 0 fully saturated rings. The highest BCUT2D eigenvalue weighted by Gasteiger charge is 2.13. The predicted molar refractivity (Wildman–Crippen MR) is 78.6 cm³/mol. The third kappa shape index (κ3) is 4.11. The van der Waals surface area contributed by atoms with Gasteiger partial charge in [-0.3, -0.25) is 4.79 Å². The standard InChI is InChI=1S/C14H20N2OS/c1-4-12(14(15)18)16-13(17)8-11-7-9(2)5-6-10(11)3/h5-7,12H,4,8H2,1-3H3,(H2,15,18)(H,16,17). The van der Waals surface area contributed by atoms with E-state index in [4.69, 9.17) is 18.0 Å². The third-order valence-corrected chi connectivity index (χ3v) is 3.23. The lowest BCUT2D eigenvalue weighted by Crippen LogP contribution is -2.43. The summed E-state index contributed by atoms with van der Waals surface area (Å²) in [6.07, 6.45) is 1.08. The van der Waals surface area contributed by atoms with Crippen LogP contribution in [0.1, 0.15) is 30.0 Å². The fourth-order valence-corrected chi connectivity index (χ4v) is 2.01. The zero-order valence-electron chi connectivity index (χ0n) is 11.1. The van der Waals surface area contributed by atoms with Crippen molar-refractivity contribution in [2.75, 3.05) is 0 Å². The van der Waals surface area contributed by atoms with Crippen molar-refractivity contribution in [2.24, 2.45) is 5.73 Å². The molecule has 0 aliphatic rings. The Morgan fingerprint density at radius 1 is 1.44 bits per heavy atom. The molecule has 0 aliphatic heterocycles. The number of nitrogens with two attached hydrogens (primary N) is 1. The number of hydrogen-bond donors (Lipinski definition) is 2. The second kappa shape index (κ2) is 6.50. The maximum atomic E-state index is 11.9. The molecule has 1 rings (SSSR count). The Hall–Kier alpha value is -1.42. The zero-order chi connectivity index (χ0) is 13.7. The molecule has 3 N–H and O–H groups in total. The van der Waals surface area contributed by atoms with Gasteiger partial charge in [0.1, 0.15) is 0 Å². The van der Waals surface area contributed by atoms with Crippen LogP contribution < -0.4 is 11.1 Å². The van der Waals surface area contributed by atoms with E-state index in [2.05, 4.69) is 5.32 Å². The Morgan fingerprint density at radius 2 is 2.11 bits per heavy atom. The van der Waals surface area contributed by atoms with Crippen molar-refractivity contribution in [2.45, 2.75) is 39.7 Å². The minimum atomic E-state index is -0.211. The van der Waals surface area contributed by atoms with Gasteiger partial charge >= 0.3 is 0 Å². The molecule has 98 valence electrons. The average molecular weight is 264 g/mol. The molecule has 0 heterocycles. The van der Waals surface area contributed by atoms with Crippen molar-refractivity contribution in [3.8, 4) is 0 Å². The quantitative estimate of drug-likeness (QED) is 0.800. The molecule has 0 saturated carbocycles. The SMILES string of the molecule is CCC(NC(=O)Cc1cc(C)ccc1C)C(N)=S. The highest BCUT2D eigenvalue weighted by atomic mass is 32.1. The minimum absolute atomic E-state index is 0.0386. The molecule has 0 aromatic heterocycles. The molecule has 1 aromatic carbocycles. The predicted octanol–water partition coefficient (Wildman–Crippen LogP) is 2.03. The number of benzene rings is 1. The van der Waals surface area contributed by atoms with Crippen molar-refractivity contribution in [1.29, 1.82) is 0 Å². The number of hydrogen-bond acceptors (Lipinski definition) is 2. The molecule has 4 heteroatoms. The molecule has 1 aromatic rings. The Bertz CT molecular complexity index is 457. The summed E-state index contributed by atoms with van der Waals surface area (Å²) in [6.45, 7) is 5.97. The number of carbonyl (C=O) groups excluding carboxylic acids is 1. The average Bonchev–Trinajstić information content (AvgIpc) is 2.30. The second-order valence-electron chi connectivity index (χ2n) is 4.54. The summed E-state index contributed by atoms with van der Waals surface area (Å²) >= 11 is 4.91. The highest BCUT2D eigenvalue weighted by molar-refractivity contribution is 7.80. The lowest BCUT2D eigenvalue weighted by Gasteiger charge is -2.16. The van der Waals surface area contributed by atoms with E-state index in [1.54, 1.807) is 0 Å². The largest absolute Gasteiger partial charge is 0.392 e. The Morgan fingerprint density at radius 3 is 2.67 bits per heavy atom. The number of nitrogens with one attached hydrogen (secondary N) is 1. The zero-order valence-corrected chi connectivity index (χ0v) is 11.9. The molecule has 3 nitrogen and oxygen atoms in total. The first-order chi connectivity index (χ1) is 8.43. The van der Waals surface area contributed by atoms with Crippen molar-refractivity contribution in [3.05, 3.63) is 34.9 Å². The summed E-state index contributed by atoms with van der Waals surface area (Å²) < 4.78 is 0. The van der Waals surface area contributed by atoms with Gasteiger partial charge in [-0.15, -0.1) is 0 Å². The fourth-order valence-electron chi connectivity index (χ4n) is 1.78. The number of rotatable bonds is 5. The Kier molecular flexibility index (Phi) is 5.28. The second-order valence-corrected chi connectivity index (χ2v) is 5.01. The molecule has 0 radical (unpaired) electrons. The lowest BCUT2D eigenvalue weighted by molar-refractivity contribution is -0.120. The minimum Gasteiger partial charge on any atom is -0.392 e. The summed E-state index contributed by atoms with van der Waals surface area (Å²) in [5.41, 5.74) is 8.89. The molecule has 0 saturated heterocycles. The van der Waals surface area contributed by atoms with Crippen LogP contribution >= 0.6 is 12.2 Å². The van der Waals surface area contributed by atoms with Gasteiger partial charge in [-0.05, 0) is 31.4 Å². The van der Waals surface area contributed by atoms with Crippen LogP contribution in [0.2, 0.25) is 0 Å². The Labute approximate surface area is 114 Å². The van der Waals surface area contributed by atoms with E-state index >= 15 is 0 Å². The first-order valence-corrected chi connectivity index (χ1v) is 6.49. The first-order valence-electron chi connectivity index (χ1n) is 6.08. The van der Waals surface area contributed by atoms with E-state index in [-0.39, 0.29) is 11.9 Å². The maximum absolute atomic E-state index is 11.9. The molecule has 1 atom stereocenters. The Balaban J connectivity index is 2.70. The summed E-state index contributed by atoms with van der Waals surface area (Å²) in [5.74, 6) is -0.0386. The van der Waals surface area contributed by atoms with Crippen LogP contribution in [0.5, 0.6) is 0 Å². The number of carbonyl (C=O) groups is 1. The number of aryl methyl sites for hydroxylation is 2. The molecular weight excluding hydrogens is 244 g/mol. The van der Waals surface area contributed by atoms with Crippen LogP contribution in [0, 0.1) is 13.8 Å². The van der Waals surface area contributed by atoms with Gasteiger partial charge in [-0.1, -0.05) is 42.9 Å². The van der Waals surface area contributed by atoms with Gasteiger partial charge in [0.2, 0.25) is 5.91 Å². The molecule has 0 spiro atoms. The first kappa shape index (κ1) is 14.6. The van der Waals surface area contributed by atoms with Gasteiger partial charge in [-0.2, -0.15) is 0 Å². The highest BCUT2D eigenvalue weighted by Crippen LogP contribution is 2.11. The van der Waals surface area contributed by atoms with Crippen LogP contribution in [-0.4, -0.2) is 16.9 Å². The number of thiocarbonyl (C=S) groups is 1. The van der Waals surface area contributed by atoms with Crippen molar-refractivity contribution >= 4 is 23.1 Å². The molecule has 18 heavy (non-hydrogen) atoms. The van der Waals surface area contributed by atoms with E-state index in [1.165, 1.54) is 0 Å². The van der Waals surface area contributed by atoms with Crippen molar-refractivity contribution in [3.63, 3.8) is 0 Å². The third-order valence-electron chi connectivity index (χ3n) is 2.94. The lowest BCUT2D eigenvalue weighted by atomic mass is 10.0. The normalized spacial score (nSPS) is 11.9. The molecule has 0 bridgehead atoms. The summed E-state index contributed by atoms with van der Waals surface area (Å²) in [4.78, 5) is 12.3. The van der Waals surface area contributed by atoms with Gasteiger partial charge in [0.05, 0.1) is 17.5 Å². The molecule has 0 aliphatic carbocycles. The van der Waals surface area contributed by atoms with Gasteiger partial charge in [0, 0.05) is 0 Å². The van der Waals surface area contributed by atoms with E-state index in [0.717, 1.165) is 16.7 Å². The van der Waals surface area contributed by atoms with Crippen molar-refractivity contribution < 1.29 is 4.79 Å².